The number of amides is 1. The first-order valence-corrected chi connectivity index (χ1v) is 7.19. The van der Waals surface area contributed by atoms with Crippen molar-refractivity contribution >= 4 is 17.5 Å². The molecule has 2 rings (SSSR count). The Kier molecular flexibility index (Phi) is 5.15. The summed E-state index contributed by atoms with van der Waals surface area (Å²) in [5.41, 5.74) is 0.360. The van der Waals surface area contributed by atoms with E-state index in [0.717, 1.165) is 0 Å². The summed E-state index contributed by atoms with van der Waals surface area (Å²) in [5.74, 6) is -0.627. The molecule has 1 atom stereocenters. The van der Waals surface area contributed by atoms with Crippen LogP contribution in [0.5, 0.6) is 0 Å². The number of carbonyl (C=O) groups excluding carboxylic acids is 1. The van der Waals surface area contributed by atoms with Gasteiger partial charge >= 0.3 is 0 Å². The Morgan fingerprint density at radius 1 is 1.50 bits per heavy atom. The number of nitrogens with one attached hydrogen (secondary N) is 2. The average molecular weight is 326 g/mol. The molecule has 0 aliphatic rings. The molecule has 0 aliphatic heterocycles. The van der Waals surface area contributed by atoms with Crippen molar-refractivity contribution < 1.29 is 13.7 Å². The van der Waals surface area contributed by atoms with E-state index >= 15 is 0 Å². The van der Waals surface area contributed by atoms with Crippen molar-refractivity contribution in [3.8, 4) is 11.3 Å². The van der Waals surface area contributed by atoms with E-state index in [1.54, 1.807) is 14.0 Å². The molecule has 22 heavy (non-hydrogen) atoms. The number of rotatable bonds is 5. The van der Waals surface area contributed by atoms with E-state index in [1.807, 2.05) is 6.92 Å². The first kappa shape index (κ1) is 16.5. The van der Waals surface area contributed by atoms with Crippen LogP contribution in [0, 0.1) is 12.7 Å². The summed E-state index contributed by atoms with van der Waals surface area (Å²) in [5, 5.41) is 9.74. The maximum Gasteiger partial charge on any atom is 0.257 e. The molecule has 1 unspecified atom stereocenters. The molecule has 0 bridgehead atoms. The van der Waals surface area contributed by atoms with Gasteiger partial charge in [-0.15, -0.1) is 0 Å². The molecule has 1 heterocycles. The Morgan fingerprint density at radius 3 is 2.86 bits per heavy atom. The molecule has 0 fully saturated rings. The van der Waals surface area contributed by atoms with Gasteiger partial charge in [0.15, 0.2) is 0 Å². The van der Waals surface area contributed by atoms with Crippen molar-refractivity contribution in [2.75, 3.05) is 13.6 Å². The van der Waals surface area contributed by atoms with Crippen LogP contribution in [0.25, 0.3) is 11.3 Å². The highest BCUT2D eigenvalue weighted by atomic mass is 35.5. The highest BCUT2D eigenvalue weighted by Gasteiger charge is 2.25. The maximum absolute atomic E-state index is 14.0. The lowest BCUT2D eigenvalue weighted by atomic mass is 10.0. The zero-order valence-corrected chi connectivity index (χ0v) is 13.3. The van der Waals surface area contributed by atoms with Gasteiger partial charge in [-0.25, -0.2) is 4.39 Å². The molecule has 0 saturated heterocycles. The lowest BCUT2D eigenvalue weighted by molar-refractivity contribution is 0.0949. The first-order chi connectivity index (χ1) is 10.5. The smallest absolute Gasteiger partial charge is 0.257 e. The molecule has 0 aliphatic carbocycles. The fraction of sp³-hybridized carbons (Fsp3) is 0.333. The van der Waals surface area contributed by atoms with Gasteiger partial charge in [0.05, 0.1) is 10.6 Å². The standard InChI is InChI=1S/C15H17ClFN3O2/c1-8(18-3)7-19-15(21)12-9(2)22-20-14(12)13-10(16)5-4-6-11(13)17/h4-6,8,18H,7H2,1-3H3,(H,19,21). The topological polar surface area (TPSA) is 67.2 Å². The Bertz CT molecular complexity index is 667. The number of nitrogens with zero attached hydrogens (tertiary/aromatic N) is 1. The van der Waals surface area contributed by atoms with Gasteiger partial charge in [0.1, 0.15) is 22.8 Å². The third-order valence-electron chi connectivity index (χ3n) is 3.35. The van der Waals surface area contributed by atoms with Crippen LogP contribution < -0.4 is 10.6 Å². The molecule has 0 saturated carbocycles. The van der Waals surface area contributed by atoms with Crippen LogP contribution in [0.1, 0.15) is 23.0 Å². The number of carbonyl (C=O) groups is 1. The summed E-state index contributed by atoms with van der Waals surface area (Å²) < 4.78 is 19.1. The quantitative estimate of drug-likeness (QED) is 0.887. The second-order valence-corrected chi connectivity index (χ2v) is 5.37. The molecule has 1 aromatic carbocycles. The van der Waals surface area contributed by atoms with Gasteiger partial charge in [0.2, 0.25) is 0 Å². The third kappa shape index (κ3) is 3.28. The monoisotopic (exact) mass is 325 g/mol. The summed E-state index contributed by atoms with van der Waals surface area (Å²) in [6, 6.07) is 4.39. The van der Waals surface area contributed by atoms with Crippen molar-refractivity contribution in [2.24, 2.45) is 0 Å². The van der Waals surface area contributed by atoms with Crippen LogP contribution in [0.4, 0.5) is 4.39 Å². The van der Waals surface area contributed by atoms with Gasteiger partial charge in [-0.1, -0.05) is 22.8 Å². The van der Waals surface area contributed by atoms with Crippen molar-refractivity contribution in [1.29, 1.82) is 0 Å². The maximum atomic E-state index is 14.0. The Hall–Kier alpha value is -1.92. The van der Waals surface area contributed by atoms with Crippen molar-refractivity contribution in [3.63, 3.8) is 0 Å². The van der Waals surface area contributed by atoms with E-state index in [9.17, 15) is 9.18 Å². The number of benzene rings is 1. The van der Waals surface area contributed by atoms with Gasteiger partial charge in [-0.3, -0.25) is 4.79 Å². The molecule has 1 amide bonds. The third-order valence-corrected chi connectivity index (χ3v) is 3.67. The SMILES string of the molecule is CNC(C)CNC(=O)c1c(-c2c(F)cccc2Cl)noc1C. The molecule has 118 valence electrons. The zero-order valence-electron chi connectivity index (χ0n) is 12.5. The van der Waals surface area contributed by atoms with Gasteiger partial charge in [0, 0.05) is 12.6 Å². The molecule has 0 radical (unpaired) electrons. The second-order valence-electron chi connectivity index (χ2n) is 4.96. The Labute approximate surface area is 132 Å². The molecular formula is C15H17ClFN3O2. The van der Waals surface area contributed by atoms with Gasteiger partial charge in [0.25, 0.3) is 5.91 Å². The molecule has 1 aromatic heterocycles. The fourth-order valence-corrected chi connectivity index (χ4v) is 2.22. The Morgan fingerprint density at radius 2 is 2.23 bits per heavy atom. The lowest BCUT2D eigenvalue weighted by Gasteiger charge is -2.11. The van der Waals surface area contributed by atoms with Gasteiger partial charge in [-0.2, -0.15) is 0 Å². The first-order valence-electron chi connectivity index (χ1n) is 6.81. The summed E-state index contributed by atoms with van der Waals surface area (Å²) >= 11 is 6.04. The minimum absolute atomic E-state index is 0.0628. The molecule has 2 aromatic rings. The van der Waals surface area contributed by atoms with Crippen LogP contribution in [0.15, 0.2) is 22.7 Å². The van der Waals surface area contributed by atoms with Crippen molar-refractivity contribution in [3.05, 3.63) is 40.4 Å². The molecule has 2 N–H and O–H groups in total. The zero-order chi connectivity index (χ0) is 16.3. The van der Waals surface area contributed by atoms with E-state index in [2.05, 4.69) is 15.8 Å². The van der Waals surface area contributed by atoms with Crippen molar-refractivity contribution in [1.82, 2.24) is 15.8 Å². The number of halogens is 2. The highest BCUT2D eigenvalue weighted by Crippen LogP contribution is 2.33. The predicted octanol–water partition coefficient (Wildman–Crippen LogP) is 2.78. The summed E-state index contributed by atoms with van der Waals surface area (Å²) in [6.07, 6.45) is 0. The normalized spacial score (nSPS) is 12.2. The predicted molar refractivity (Wildman–Crippen MR) is 82.5 cm³/mol. The number of hydrogen-bond acceptors (Lipinski definition) is 4. The van der Waals surface area contributed by atoms with E-state index in [1.165, 1.54) is 18.2 Å². The van der Waals surface area contributed by atoms with Crippen LogP contribution in [-0.2, 0) is 0 Å². The highest BCUT2D eigenvalue weighted by molar-refractivity contribution is 6.33. The number of likely N-dealkylation sites (N-methyl/N-ethyl adjacent to an activating group) is 1. The summed E-state index contributed by atoms with van der Waals surface area (Å²) in [7, 11) is 1.80. The number of aryl methyl sites for hydroxylation is 1. The minimum Gasteiger partial charge on any atom is -0.360 e. The number of hydrogen-bond donors (Lipinski definition) is 2. The molecule has 7 heteroatoms. The van der Waals surface area contributed by atoms with Crippen molar-refractivity contribution in [2.45, 2.75) is 19.9 Å². The minimum atomic E-state index is -0.557. The second kappa shape index (κ2) is 6.89. The van der Waals surface area contributed by atoms with E-state index in [0.29, 0.717) is 12.3 Å². The fourth-order valence-electron chi connectivity index (χ4n) is 1.97. The molecule has 5 nitrogen and oxygen atoms in total. The summed E-state index contributed by atoms with van der Waals surface area (Å²) in [4.78, 5) is 12.4. The van der Waals surface area contributed by atoms with E-state index in [-0.39, 0.29) is 33.8 Å². The molecular weight excluding hydrogens is 309 g/mol. The van der Waals surface area contributed by atoms with Crippen LogP contribution >= 0.6 is 11.6 Å². The Balaban J connectivity index is 2.38. The van der Waals surface area contributed by atoms with E-state index in [4.69, 9.17) is 16.1 Å². The van der Waals surface area contributed by atoms with Crippen LogP contribution in [0.3, 0.4) is 0 Å². The largest absolute Gasteiger partial charge is 0.360 e. The molecule has 0 spiro atoms. The van der Waals surface area contributed by atoms with Crippen LogP contribution in [0.2, 0.25) is 5.02 Å². The lowest BCUT2D eigenvalue weighted by Crippen LogP contribution is -2.37. The van der Waals surface area contributed by atoms with Gasteiger partial charge in [-0.05, 0) is 33.0 Å². The summed E-state index contributed by atoms with van der Waals surface area (Å²) in [6.45, 7) is 3.95. The van der Waals surface area contributed by atoms with Gasteiger partial charge < -0.3 is 15.2 Å². The van der Waals surface area contributed by atoms with Crippen LogP contribution in [-0.4, -0.2) is 30.7 Å². The average Bonchev–Trinajstić information content (AvgIpc) is 2.86. The van der Waals surface area contributed by atoms with E-state index < -0.39 is 5.82 Å². The number of aromatic nitrogens is 1.